The van der Waals surface area contributed by atoms with Gasteiger partial charge in [-0.15, -0.1) is 0 Å². The van der Waals surface area contributed by atoms with Gasteiger partial charge in [0.2, 0.25) is 0 Å². The van der Waals surface area contributed by atoms with Crippen LogP contribution in [-0.2, 0) is 6.61 Å². The van der Waals surface area contributed by atoms with E-state index in [9.17, 15) is 5.11 Å². The molecule has 0 aromatic heterocycles. The third-order valence-corrected chi connectivity index (χ3v) is 2.89. The second-order valence-electron chi connectivity index (χ2n) is 4.34. The van der Waals surface area contributed by atoms with Crippen LogP contribution in [0.3, 0.4) is 0 Å². The predicted molar refractivity (Wildman–Crippen MR) is 81.0 cm³/mol. The zero-order chi connectivity index (χ0) is 14.9. The molecule has 2 aromatic rings. The lowest BCUT2D eigenvalue weighted by Gasteiger charge is -2.13. The van der Waals surface area contributed by atoms with E-state index in [0.717, 1.165) is 11.3 Å². The van der Waals surface area contributed by atoms with Crippen molar-refractivity contribution in [3.8, 4) is 17.2 Å². The molecule has 4 nitrogen and oxygen atoms in total. The predicted octanol–water partition coefficient (Wildman–Crippen LogP) is 3.04. The summed E-state index contributed by atoms with van der Waals surface area (Å²) in [6.07, 6.45) is 0. The molecule has 0 aliphatic carbocycles. The molecule has 0 saturated heterocycles. The lowest BCUT2D eigenvalue weighted by molar-refractivity contribution is 0.202. The fourth-order valence-corrected chi connectivity index (χ4v) is 1.92. The van der Waals surface area contributed by atoms with E-state index in [-0.39, 0.29) is 6.61 Å². The van der Waals surface area contributed by atoms with Crippen molar-refractivity contribution in [1.82, 2.24) is 0 Å². The molecule has 0 saturated carbocycles. The number of aliphatic hydroxyl groups is 1. The molecule has 0 bridgehead atoms. The van der Waals surface area contributed by atoms with Crippen molar-refractivity contribution >= 4 is 0 Å². The Balaban J connectivity index is 1.85. The molecule has 0 fully saturated rings. The van der Waals surface area contributed by atoms with E-state index < -0.39 is 0 Å². The Bertz CT molecular complexity index is 554. The summed E-state index contributed by atoms with van der Waals surface area (Å²) in [6, 6.07) is 15.0. The maximum atomic E-state index is 9.22. The molecule has 0 atom stereocenters. The Hall–Kier alpha value is -2.20. The number of rotatable bonds is 8. The number of benzene rings is 2. The molecule has 1 N–H and O–H groups in total. The highest BCUT2D eigenvalue weighted by atomic mass is 16.5. The van der Waals surface area contributed by atoms with Crippen LogP contribution in [-0.4, -0.2) is 24.9 Å². The Kier molecular flexibility index (Phi) is 5.91. The molecule has 2 rings (SSSR count). The largest absolute Gasteiger partial charge is 0.490 e. The van der Waals surface area contributed by atoms with Gasteiger partial charge in [0.1, 0.15) is 19.0 Å². The minimum Gasteiger partial charge on any atom is -0.490 e. The van der Waals surface area contributed by atoms with E-state index in [1.165, 1.54) is 0 Å². The third kappa shape index (κ3) is 4.39. The molecule has 4 heteroatoms. The van der Waals surface area contributed by atoms with Gasteiger partial charge in [0.25, 0.3) is 0 Å². The Morgan fingerprint density at radius 2 is 1.29 bits per heavy atom. The average Bonchev–Trinajstić information content (AvgIpc) is 2.53. The van der Waals surface area contributed by atoms with Crippen molar-refractivity contribution < 1.29 is 19.3 Å². The minimum absolute atomic E-state index is 0.0375. The standard InChI is InChI=1S/C17H20O4/c1-2-19-16-9-5-6-10-17(16)21-12-11-20-15-8-4-3-7-14(15)13-18/h3-10,18H,2,11-13H2,1H3. The second kappa shape index (κ2) is 8.17. The van der Waals surface area contributed by atoms with Gasteiger partial charge in [0.15, 0.2) is 11.5 Å². The summed E-state index contributed by atoms with van der Waals surface area (Å²) in [5.74, 6) is 2.12. The van der Waals surface area contributed by atoms with Crippen molar-refractivity contribution in [2.75, 3.05) is 19.8 Å². The van der Waals surface area contributed by atoms with Crippen molar-refractivity contribution in [2.45, 2.75) is 13.5 Å². The summed E-state index contributed by atoms with van der Waals surface area (Å²) in [5, 5.41) is 9.22. The molecule has 0 spiro atoms. The van der Waals surface area contributed by atoms with Crippen LogP contribution < -0.4 is 14.2 Å². The first-order valence-corrected chi connectivity index (χ1v) is 7.01. The Morgan fingerprint density at radius 3 is 1.90 bits per heavy atom. The van der Waals surface area contributed by atoms with Gasteiger partial charge >= 0.3 is 0 Å². The summed E-state index contributed by atoms with van der Waals surface area (Å²) >= 11 is 0. The Morgan fingerprint density at radius 1 is 0.762 bits per heavy atom. The van der Waals surface area contributed by atoms with E-state index in [4.69, 9.17) is 14.2 Å². The molecule has 0 aliphatic rings. The van der Waals surface area contributed by atoms with E-state index in [1.807, 2.05) is 55.5 Å². The molecule has 0 heterocycles. The fraction of sp³-hybridized carbons (Fsp3) is 0.294. The first-order valence-electron chi connectivity index (χ1n) is 7.01. The second-order valence-corrected chi connectivity index (χ2v) is 4.34. The van der Waals surface area contributed by atoms with Gasteiger partial charge in [-0.3, -0.25) is 0 Å². The van der Waals surface area contributed by atoms with Crippen LogP contribution in [0.2, 0.25) is 0 Å². The number of para-hydroxylation sites is 3. The summed E-state index contributed by atoms with van der Waals surface area (Å²) in [6.45, 7) is 3.30. The summed E-state index contributed by atoms with van der Waals surface area (Å²) < 4.78 is 16.8. The van der Waals surface area contributed by atoms with Crippen molar-refractivity contribution in [1.29, 1.82) is 0 Å². The van der Waals surface area contributed by atoms with Gasteiger partial charge in [0.05, 0.1) is 13.2 Å². The van der Waals surface area contributed by atoms with Crippen LogP contribution in [0.1, 0.15) is 12.5 Å². The molecular formula is C17H20O4. The summed E-state index contributed by atoms with van der Waals surface area (Å²) in [4.78, 5) is 0. The zero-order valence-corrected chi connectivity index (χ0v) is 12.1. The lowest BCUT2D eigenvalue weighted by atomic mass is 10.2. The summed E-state index contributed by atoms with van der Waals surface area (Å²) in [5.41, 5.74) is 0.771. The Labute approximate surface area is 124 Å². The topological polar surface area (TPSA) is 47.9 Å². The highest BCUT2D eigenvalue weighted by Crippen LogP contribution is 2.26. The van der Waals surface area contributed by atoms with Crippen molar-refractivity contribution in [3.63, 3.8) is 0 Å². The maximum absolute atomic E-state index is 9.22. The lowest BCUT2D eigenvalue weighted by Crippen LogP contribution is -2.10. The van der Waals surface area contributed by atoms with Gasteiger partial charge in [-0.1, -0.05) is 30.3 Å². The molecule has 112 valence electrons. The fourth-order valence-electron chi connectivity index (χ4n) is 1.92. The van der Waals surface area contributed by atoms with Gasteiger partial charge in [-0.05, 0) is 25.1 Å². The van der Waals surface area contributed by atoms with Crippen LogP contribution in [0.25, 0.3) is 0 Å². The highest BCUT2D eigenvalue weighted by molar-refractivity contribution is 5.39. The molecule has 0 unspecified atom stereocenters. The molecule has 0 amide bonds. The molecule has 2 aromatic carbocycles. The van der Waals surface area contributed by atoms with Crippen molar-refractivity contribution in [2.24, 2.45) is 0 Å². The van der Waals surface area contributed by atoms with Gasteiger partial charge < -0.3 is 19.3 Å². The smallest absolute Gasteiger partial charge is 0.161 e. The van der Waals surface area contributed by atoms with Crippen LogP contribution in [0.5, 0.6) is 17.2 Å². The molecular weight excluding hydrogens is 268 g/mol. The average molecular weight is 288 g/mol. The van der Waals surface area contributed by atoms with Gasteiger partial charge in [-0.25, -0.2) is 0 Å². The van der Waals surface area contributed by atoms with Crippen LogP contribution >= 0.6 is 0 Å². The highest BCUT2D eigenvalue weighted by Gasteiger charge is 2.04. The zero-order valence-electron chi connectivity index (χ0n) is 12.1. The first kappa shape index (κ1) is 15.2. The SMILES string of the molecule is CCOc1ccccc1OCCOc1ccccc1CO. The molecule has 0 aliphatic heterocycles. The van der Waals surface area contributed by atoms with Crippen LogP contribution in [0.15, 0.2) is 48.5 Å². The van der Waals surface area contributed by atoms with Gasteiger partial charge in [-0.2, -0.15) is 0 Å². The van der Waals surface area contributed by atoms with Gasteiger partial charge in [0, 0.05) is 5.56 Å². The van der Waals surface area contributed by atoms with Crippen molar-refractivity contribution in [3.05, 3.63) is 54.1 Å². The molecule has 0 radical (unpaired) electrons. The number of ether oxygens (including phenoxy) is 3. The maximum Gasteiger partial charge on any atom is 0.161 e. The normalized spacial score (nSPS) is 10.2. The minimum atomic E-state index is -0.0375. The van der Waals surface area contributed by atoms with E-state index in [0.29, 0.717) is 31.3 Å². The number of hydrogen-bond donors (Lipinski definition) is 1. The van der Waals surface area contributed by atoms with E-state index >= 15 is 0 Å². The monoisotopic (exact) mass is 288 g/mol. The quantitative estimate of drug-likeness (QED) is 0.758. The first-order chi connectivity index (χ1) is 10.3. The van der Waals surface area contributed by atoms with Crippen LogP contribution in [0, 0.1) is 0 Å². The van der Waals surface area contributed by atoms with E-state index in [1.54, 1.807) is 0 Å². The van der Waals surface area contributed by atoms with E-state index in [2.05, 4.69) is 0 Å². The number of aliphatic hydroxyl groups excluding tert-OH is 1. The molecule has 21 heavy (non-hydrogen) atoms. The third-order valence-electron chi connectivity index (χ3n) is 2.89. The number of hydrogen-bond acceptors (Lipinski definition) is 4. The van der Waals surface area contributed by atoms with Crippen LogP contribution in [0.4, 0.5) is 0 Å². The summed E-state index contributed by atoms with van der Waals surface area (Å²) in [7, 11) is 0.